The molecule has 0 bridgehead atoms. The van der Waals surface area contributed by atoms with E-state index in [2.05, 4.69) is 96.7 Å². The lowest BCUT2D eigenvalue weighted by Gasteiger charge is -2.28. The summed E-state index contributed by atoms with van der Waals surface area (Å²) in [5.41, 5.74) is 5.86. The first-order valence-corrected chi connectivity index (χ1v) is 17.1. The van der Waals surface area contributed by atoms with Crippen LogP contribution in [0.4, 0.5) is 4.79 Å². The molecule has 2 atom stereocenters. The summed E-state index contributed by atoms with van der Waals surface area (Å²) >= 11 is 4.49. The Balaban J connectivity index is 1.18. The third-order valence-corrected chi connectivity index (χ3v) is 8.93. The number of halogens is 2. The number of fused-ring (bicyclic) bond motifs is 1. The van der Waals surface area contributed by atoms with E-state index in [1.165, 1.54) is 17.9 Å². The van der Waals surface area contributed by atoms with Crippen LogP contribution in [0.15, 0.2) is 89.2 Å². The summed E-state index contributed by atoms with van der Waals surface area (Å²) in [5, 5.41) is 22.4. The number of hydrazone groups is 1. The number of carbonyl (C=O) groups excluding carboxylic acids is 2. The van der Waals surface area contributed by atoms with Crippen LogP contribution < -0.4 is 30.3 Å². The molecular weight excluding hydrogens is 842 g/mol. The van der Waals surface area contributed by atoms with Gasteiger partial charge in [-0.2, -0.15) is 5.10 Å². The number of aliphatic hydroxyl groups is 1. The van der Waals surface area contributed by atoms with E-state index < -0.39 is 24.3 Å². The number of amides is 2. The van der Waals surface area contributed by atoms with Crippen molar-refractivity contribution >= 4 is 74.2 Å². The van der Waals surface area contributed by atoms with Gasteiger partial charge in [-0.05, 0) is 117 Å². The summed E-state index contributed by atoms with van der Waals surface area (Å²) < 4.78 is 24.6. The molecule has 250 valence electrons. The first-order chi connectivity index (χ1) is 23.2. The van der Waals surface area contributed by atoms with Crippen LogP contribution in [0.3, 0.4) is 0 Å². The number of allylic oxidation sites excluding steroid dienone is 1. The number of rotatable bonds is 13. The molecule has 0 saturated carbocycles. The van der Waals surface area contributed by atoms with Crippen LogP contribution in [0.25, 0.3) is 10.8 Å². The molecule has 1 heterocycles. The maximum Gasteiger partial charge on any atom is 0.337 e. The van der Waals surface area contributed by atoms with Gasteiger partial charge in [-0.25, -0.2) is 9.59 Å². The largest absolute Gasteiger partial charge is 0.490 e. The number of methoxy groups -OCH3 is 1. The SMILES string of the molecule is CCOc1cc([C@@H]2NC(=O)NC(C)=C2C(=O)OC)ccc1OC[C@H](O)N/N=C\c1cc(I)c(OCc2ccc3ccccc3c2)c(I)c1. The number of ether oxygens (including phenoxy) is 4. The van der Waals surface area contributed by atoms with E-state index in [1.807, 2.05) is 31.2 Å². The molecule has 5 rings (SSSR count). The lowest BCUT2D eigenvalue weighted by atomic mass is 9.95. The van der Waals surface area contributed by atoms with Crippen molar-refractivity contribution < 1.29 is 33.6 Å². The van der Waals surface area contributed by atoms with Gasteiger partial charge in [-0.3, -0.25) is 5.43 Å². The minimum atomic E-state index is -1.13. The van der Waals surface area contributed by atoms with Gasteiger partial charge in [0.2, 0.25) is 0 Å². The molecular formula is C35H34I2N4O7. The van der Waals surface area contributed by atoms with Gasteiger partial charge < -0.3 is 34.7 Å². The Morgan fingerprint density at radius 2 is 1.75 bits per heavy atom. The fourth-order valence-corrected chi connectivity index (χ4v) is 7.22. The molecule has 4 aromatic rings. The van der Waals surface area contributed by atoms with Gasteiger partial charge in [0.05, 0.1) is 38.7 Å². The summed E-state index contributed by atoms with van der Waals surface area (Å²) in [4.78, 5) is 24.7. The van der Waals surface area contributed by atoms with Crippen LogP contribution in [0, 0.1) is 7.14 Å². The zero-order valence-electron chi connectivity index (χ0n) is 26.4. The van der Waals surface area contributed by atoms with E-state index in [9.17, 15) is 14.7 Å². The van der Waals surface area contributed by atoms with Crippen molar-refractivity contribution in [3.05, 3.63) is 108 Å². The highest BCUT2D eigenvalue weighted by Gasteiger charge is 2.32. The Morgan fingerprint density at radius 3 is 2.48 bits per heavy atom. The Morgan fingerprint density at radius 1 is 1.00 bits per heavy atom. The van der Waals surface area contributed by atoms with Crippen LogP contribution >= 0.6 is 45.2 Å². The minimum absolute atomic E-state index is 0.135. The molecule has 4 aromatic carbocycles. The highest BCUT2D eigenvalue weighted by molar-refractivity contribution is 14.1. The second-order valence-electron chi connectivity index (χ2n) is 10.7. The summed E-state index contributed by atoms with van der Waals surface area (Å²) in [6.07, 6.45) is 0.487. The zero-order chi connectivity index (χ0) is 34.2. The van der Waals surface area contributed by atoms with Crippen LogP contribution in [-0.4, -0.2) is 49.9 Å². The summed E-state index contributed by atoms with van der Waals surface area (Å²) in [6, 6.07) is 22.3. The van der Waals surface area contributed by atoms with E-state index in [1.54, 1.807) is 31.3 Å². The number of nitrogens with one attached hydrogen (secondary N) is 3. The highest BCUT2D eigenvalue weighted by atomic mass is 127. The van der Waals surface area contributed by atoms with Crippen molar-refractivity contribution in [3.63, 3.8) is 0 Å². The van der Waals surface area contributed by atoms with Crippen LogP contribution in [0.1, 0.15) is 36.6 Å². The van der Waals surface area contributed by atoms with Crippen molar-refractivity contribution in [2.45, 2.75) is 32.7 Å². The van der Waals surface area contributed by atoms with Gasteiger partial charge in [0.15, 0.2) is 17.7 Å². The number of nitrogens with zero attached hydrogens (tertiary/aromatic N) is 1. The van der Waals surface area contributed by atoms with E-state index in [0.29, 0.717) is 36.0 Å². The third-order valence-electron chi connectivity index (χ3n) is 7.33. The van der Waals surface area contributed by atoms with Crippen molar-refractivity contribution in [1.82, 2.24) is 16.1 Å². The number of urea groups is 1. The van der Waals surface area contributed by atoms with Gasteiger partial charge in [-0.15, -0.1) is 0 Å². The van der Waals surface area contributed by atoms with Crippen LogP contribution in [0.5, 0.6) is 17.2 Å². The zero-order valence-corrected chi connectivity index (χ0v) is 30.7. The number of hydrogen-bond donors (Lipinski definition) is 4. The molecule has 0 spiro atoms. The average molecular weight is 876 g/mol. The Kier molecular flexibility index (Phi) is 12.0. The standard InChI is InChI=1S/C35H34I2N4O7/c1-4-46-29-16-25(32-31(34(43)45-3)20(2)39-35(44)40-32)11-12-28(29)47-19-30(42)41-38-17-22-14-26(36)33(27(37)15-22)48-18-21-9-10-23-7-5-6-8-24(23)13-21/h5-17,30,32,41-42H,4,18-19H2,1-3H3,(H2,39,40,44)/b38-17-/t30-,32-/m0/s1. The van der Waals surface area contributed by atoms with E-state index in [-0.39, 0.29) is 12.2 Å². The number of carbonyl (C=O) groups is 2. The van der Waals surface area contributed by atoms with Crippen molar-refractivity contribution in [2.24, 2.45) is 5.10 Å². The highest BCUT2D eigenvalue weighted by Crippen LogP contribution is 2.35. The van der Waals surface area contributed by atoms with Gasteiger partial charge in [0.25, 0.3) is 0 Å². The van der Waals surface area contributed by atoms with Crippen molar-refractivity contribution in [1.29, 1.82) is 0 Å². The Bertz CT molecular complexity index is 1860. The molecule has 0 unspecified atom stereocenters. The van der Waals surface area contributed by atoms with Crippen molar-refractivity contribution in [2.75, 3.05) is 20.3 Å². The molecule has 13 heteroatoms. The molecule has 1 aliphatic heterocycles. The second-order valence-corrected chi connectivity index (χ2v) is 13.0. The fraction of sp³-hybridized carbons (Fsp3) is 0.229. The minimum Gasteiger partial charge on any atom is -0.490 e. The average Bonchev–Trinajstić information content (AvgIpc) is 3.06. The van der Waals surface area contributed by atoms with Gasteiger partial charge in [-0.1, -0.05) is 42.5 Å². The topological polar surface area (TPSA) is 140 Å². The first kappa shape index (κ1) is 35.2. The molecule has 2 amide bonds. The van der Waals surface area contributed by atoms with Gasteiger partial charge in [0.1, 0.15) is 19.0 Å². The summed E-state index contributed by atoms with van der Waals surface area (Å²) in [5.74, 6) is 0.986. The maximum absolute atomic E-state index is 12.5. The smallest absolute Gasteiger partial charge is 0.337 e. The number of esters is 1. The molecule has 4 N–H and O–H groups in total. The number of hydrogen-bond acceptors (Lipinski definition) is 9. The van der Waals surface area contributed by atoms with E-state index in [4.69, 9.17) is 18.9 Å². The van der Waals surface area contributed by atoms with Gasteiger partial charge >= 0.3 is 12.0 Å². The normalized spacial score (nSPS) is 15.1. The van der Waals surface area contributed by atoms with E-state index in [0.717, 1.165) is 24.0 Å². The second kappa shape index (κ2) is 16.3. The van der Waals surface area contributed by atoms with Crippen molar-refractivity contribution in [3.8, 4) is 17.2 Å². The summed E-state index contributed by atoms with van der Waals surface area (Å²) in [6.45, 7) is 4.11. The van der Waals surface area contributed by atoms with Gasteiger partial charge in [0, 0.05) is 5.70 Å². The first-order valence-electron chi connectivity index (χ1n) is 15.0. The molecule has 0 fully saturated rings. The fourth-order valence-electron chi connectivity index (χ4n) is 5.10. The lowest BCUT2D eigenvalue weighted by Crippen LogP contribution is -2.45. The molecule has 0 aromatic heterocycles. The molecule has 0 saturated heterocycles. The Hall–Kier alpha value is -4.09. The molecule has 0 aliphatic carbocycles. The summed E-state index contributed by atoms with van der Waals surface area (Å²) in [7, 11) is 1.28. The molecule has 11 nitrogen and oxygen atoms in total. The molecule has 0 radical (unpaired) electrons. The Labute approximate surface area is 305 Å². The quantitative estimate of drug-likeness (QED) is 0.0413. The number of benzene rings is 4. The maximum atomic E-state index is 12.5. The van der Waals surface area contributed by atoms with E-state index >= 15 is 0 Å². The lowest BCUT2D eigenvalue weighted by molar-refractivity contribution is -0.136. The van der Waals surface area contributed by atoms with Crippen LogP contribution in [0.2, 0.25) is 0 Å². The number of aliphatic hydroxyl groups excluding tert-OH is 1. The van der Waals surface area contributed by atoms with Crippen LogP contribution in [-0.2, 0) is 16.1 Å². The monoisotopic (exact) mass is 876 g/mol. The third kappa shape index (κ3) is 8.68. The molecule has 48 heavy (non-hydrogen) atoms. The predicted octanol–water partition coefficient (Wildman–Crippen LogP) is 6.15. The molecule has 1 aliphatic rings. The predicted molar refractivity (Wildman–Crippen MR) is 199 cm³/mol.